The molecule has 192 valence electrons. The molecule has 0 saturated heterocycles. The van der Waals surface area contributed by atoms with Gasteiger partial charge in [-0.15, -0.1) is 0 Å². The van der Waals surface area contributed by atoms with Crippen molar-refractivity contribution in [1.82, 2.24) is 4.90 Å². The third-order valence-electron chi connectivity index (χ3n) is 6.85. The fourth-order valence-electron chi connectivity index (χ4n) is 4.69. The van der Waals surface area contributed by atoms with Crippen molar-refractivity contribution in [3.63, 3.8) is 0 Å². The van der Waals surface area contributed by atoms with Gasteiger partial charge in [0.25, 0.3) is 0 Å². The summed E-state index contributed by atoms with van der Waals surface area (Å²) in [5, 5.41) is 11.1. The average molecular weight is 460 g/mol. The van der Waals surface area contributed by atoms with Crippen molar-refractivity contribution in [3.05, 3.63) is 28.8 Å². The maximum atomic E-state index is 11.1. The van der Waals surface area contributed by atoms with Gasteiger partial charge in [0, 0.05) is 6.54 Å². The number of aromatic hydroxyl groups is 1. The van der Waals surface area contributed by atoms with Crippen LogP contribution in [-0.4, -0.2) is 23.1 Å². The molecule has 0 aliphatic heterocycles. The molecule has 1 N–H and O–H groups in total. The molecule has 0 fully saturated rings. The normalized spacial score (nSPS) is 12.6. The van der Waals surface area contributed by atoms with Crippen LogP contribution in [0.1, 0.15) is 149 Å². The highest BCUT2D eigenvalue weighted by molar-refractivity contribution is 5.49. The van der Waals surface area contributed by atoms with Crippen LogP contribution in [0.3, 0.4) is 0 Å². The number of hydrogen-bond donors (Lipinski definition) is 1. The van der Waals surface area contributed by atoms with E-state index in [1.165, 1.54) is 95.7 Å². The van der Waals surface area contributed by atoms with E-state index < -0.39 is 0 Å². The van der Waals surface area contributed by atoms with Crippen LogP contribution >= 0.6 is 0 Å². The first-order valence-electron chi connectivity index (χ1n) is 14.1. The van der Waals surface area contributed by atoms with Gasteiger partial charge < -0.3 is 5.11 Å². The van der Waals surface area contributed by atoms with Crippen LogP contribution in [-0.2, 0) is 17.4 Å². The highest BCUT2D eigenvalue weighted by Gasteiger charge is 2.26. The molecule has 0 saturated carbocycles. The summed E-state index contributed by atoms with van der Waals surface area (Å²) >= 11 is 0. The lowest BCUT2D eigenvalue weighted by Gasteiger charge is -2.30. The summed E-state index contributed by atoms with van der Waals surface area (Å²) in [6, 6.07) is 4.56. The Bertz CT molecular complexity index is 599. The largest absolute Gasteiger partial charge is 0.507 e. The lowest BCUT2D eigenvalue weighted by molar-refractivity contribution is 0.251. The minimum atomic E-state index is -0.0660. The van der Waals surface area contributed by atoms with E-state index in [1.54, 1.807) is 0 Å². The third-order valence-corrected chi connectivity index (χ3v) is 6.85. The highest BCUT2D eigenvalue weighted by atomic mass is 16.3. The van der Waals surface area contributed by atoms with Crippen LogP contribution in [0.15, 0.2) is 12.1 Å². The van der Waals surface area contributed by atoms with Crippen LogP contribution in [0.25, 0.3) is 0 Å². The fraction of sp³-hybridized carbons (Fsp3) is 0.806. The number of rotatable bonds is 16. The van der Waals surface area contributed by atoms with E-state index >= 15 is 0 Å². The Balaban J connectivity index is 2.93. The monoisotopic (exact) mass is 459 g/mol. The quantitative estimate of drug-likeness (QED) is 0.249. The second-order valence-corrected chi connectivity index (χ2v) is 12.4. The van der Waals surface area contributed by atoms with Gasteiger partial charge in [0.2, 0.25) is 0 Å². The van der Waals surface area contributed by atoms with Crippen molar-refractivity contribution < 1.29 is 5.11 Å². The number of phenols is 1. The van der Waals surface area contributed by atoms with E-state index in [2.05, 4.69) is 72.4 Å². The van der Waals surface area contributed by atoms with Gasteiger partial charge >= 0.3 is 0 Å². The summed E-state index contributed by atoms with van der Waals surface area (Å²) < 4.78 is 0. The van der Waals surface area contributed by atoms with Crippen LogP contribution in [0, 0.1) is 0 Å². The molecule has 2 heteroatoms. The van der Waals surface area contributed by atoms with E-state index in [0.717, 1.165) is 17.7 Å². The first-order valence-corrected chi connectivity index (χ1v) is 14.1. The van der Waals surface area contributed by atoms with Gasteiger partial charge in [-0.2, -0.15) is 0 Å². The van der Waals surface area contributed by atoms with Gasteiger partial charge in [0.1, 0.15) is 5.75 Å². The minimum absolute atomic E-state index is 0.0660. The molecule has 0 amide bonds. The maximum absolute atomic E-state index is 11.1. The van der Waals surface area contributed by atoms with E-state index in [9.17, 15) is 5.11 Å². The molecule has 1 rings (SSSR count). The highest BCUT2D eigenvalue weighted by Crippen LogP contribution is 2.40. The van der Waals surface area contributed by atoms with Crippen molar-refractivity contribution in [1.29, 1.82) is 0 Å². The van der Waals surface area contributed by atoms with Gasteiger partial charge in [-0.05, 0) is 53.5 Å². The summed E-state index contributed by atoms with van der Waals surface area (Å²) in [4.78, 5) is 2.69. The van der Waals surface area contributed by atoms with Crippen molar-refractivity contribution in [2.24, 2.45) is 0 Å². The van der Waals surface area contributed by atoms with Crippen LogP contribution in [0.4, 0.5) is 0 Å². The molecular formula is C31H57NO. The predicted octanol–water partition coefficient (Wildman–Crippen LogP) is 9.51. The Morgan fingerprint density at radius 1 is 0.606 bits per heavy atom. The zero-order valence-corrected chi connectivity index (χ0v) is 23.7. The Kier molecular flexibility index (Phi) is 13.7. The molecule has 0 spiro atoms. The van der Waals surface area contributed by atoms with Crippen molar-refractivity contribution in [2.75, 3.05) is 13.1 Å². The Morgan fingerprint density at radius 2 is 0.970 bits per heavy atom. The van der Waals surface area contributed by atoms with Crippen molar-refractivity contribution in [2.45, 2.75) is 150 Å². The first-order chi connectivity index (χ1) is 15.5. The fourth-order valence-corrected chi connectivity index (χ4v) is 4.69. The number of phenolic OH excluding ortho intramolecular Hbond substituents is 1. The summed E-state index contributed by atoms with van der Waals surface area (Å²) in [5.74, 6) is 0.497. The molecule has 0 radical (unpaired) electrons. The molecule has 0 aliphatic carbocycles. The molecular weight excluding hydrogens is 402 g/mol. The van der Waals surface area contributed by atoms with Gasteiger partial charge in [0.05, 0.1) is 0 Å². The third kappa shape index (κ3) is 11.8. The van der Waals surface area contributed by atoms with Gasteiger partial charge in [-0.3, -0.25) is 4.90 Å². The molecule has 2 nitrogen and oxygen atoms in total. The van der Waals surface area contributed by atoms with E-state index in [4.69, 9.17) is 0 Å². The summed E-state index contributed by atoms with van der Waals surface area (Å²) in [6.45, 7) is 21.2. The molecule has 33 heavy (non-hydrogen) atoms. The molecule has 0 aromatic heterocycles. The second kappa shape index (κ2) is 15.1. The number of benzene rings is 1. The molecule has 0 atom stereocenters. The summed E-state index contributed by atoms with van der Waals surface area (Å²) in [5.41, 5.74) is 3.40. The van der Waals surface area contributed by atoms with Crippen molar-refractivity contribution >= 4 is 0 Å². The molecule has 1 aromatic rings. The van der Waals surface area contributed by atoms with Gasteiger partial charge in [-0.25, -0.2) is 0 Å². The lowest BCUT2D eigenvalue weighted by atomic mass is 9.78. The summed E-state index contributed by atoms with van der Waals surface area (Å²) in [7, 11) is 0. The maximum Gasteiger partial charge on any atom is 0.123 e. The Morgan fingerprint density at radius 3 is 1.33 bits per heavy atom. The van der Waals surface area contributed by atoms with E-state index in [-0.39, 0.29) is 10.8 Å². The number of nitrogens with zero attached hydrogens (tertiary/aromatic N) is 1. The van der Waals surface area contributed by atoms with Gasteiger partial charge in [0.15, 0.2) is 0 Å². The topological polar surface area (TPSA) is 23.5 Å². The molecule has 0 aliphatic rings. The number of hydrogen-bond acceptors (Lipinski definition) is 2. The smallest absolute Gasteiger partial charge is 0.123 e. The predicted molar refractivity (Wildman–Crippen MR) is 148 cm³/mol. The van der Waals surface area contributed by atoms with Crippen LogP contribution in [0.2, 0.25) is 0 Å². The minimum Gasteiger partial charge on any atom is -0.507 e. The van der Waals surface area contributed by atoms with Gasteiger partial charge in [-0.1, -0.05) is 132 Å². The standard InChI is InChI=1S/C31H57NO/c1-9-11-13-15-17-19-21-32(22-20-18-16-14-12-10-2)25-26-23-27(30(3,4)5)29(33)28(24-26)31(6,7)8/h23-24,33H,9-22,25H2,1-8H3. The lowest BCUT2D eigenvalue weighted by Crippen LogP contribution is -2.27. The van der Waals surface area contributed by atoms with E-state index in [1.807, 2.05) is 0 Å². The van der Waals surface area contributed by atoms with E-state index in [0.29, 0.717) is 5.75 Å². The average Bonchev–Trinajstić information content (AvgIpc) is 2.72. The van der Waals surface area contributed by atoms with Crippen LogP contribution in [0.5, 0.6) is 5.75 Å². The molecule has 0 bridgehead atoms. The van der Waals surface area contributed by atoms with Crippen LogP contribution < -0.4 is 0 Å². The zero-order valence-electron chi connectivity index (χ0n) is 23.7. The van der Waals surface area contributed by atoms with Crippen molar-refractivity contribution in [3.8, 4) is 5.75 Å². The first kappa shape index (κ1) is 30.0. The number of unbranched alkanes of at least 4 members (excludes halogenated alkanes) is 10. The SMILES string of the molecule is CCCCCCCCN(CCCCCCCC)Cc1cc(C(C)(C)C)c(O)c(C(C)(C)C)c1. The Labute approximate surface area is 207 Å². The molecule has 0 unspecified atom stereocenters. The Hall–Kier alpha value is -1.02. The second-order valence-electron chi connectivity index (χ2n) is 12.4. The summed E-state index contributed by atoms with van der Waals surface area (Å²) in [6.07, 6.45) is 16.2. The zero-order chi connectivity index (χ0) is 24.9. The molecule has 0 heterocycles. The molecule has 1 aromatic carbocycles.